The van der Waals surface area contributed by atoms with Gasteiger partial charge in [0.2, 0.25) is 0 Å². The van der Waals surface area contributed by atoms with Crippen molar-refractivity contribution in [1.82, 2.24) is 5.32 Å². The van der Waals surface area contributed by atoms with Gasteiger partial charge in [0.05, 0.1) is 0 Å². The molecule has 0 aliphatic rings. The van der Waals surface area contributed by atoms with Crippen LogP contribution in [0.25, 0.3) is 0 Å². The second-order valence-electron chi connectivity index (χ2n) is 3.07. The average molecular weight is 179 g/mol. The Morgan fingerprint density at radius 1 is 1.23 bits per heavy atom. The molecular weight excluding hydrogens is 158 g/mol. The highest BCUT2D eigenvalue weighted by molar-refractivity contribution is 5.19. The van der Waals surface area contributed by atoms with Crippen LogP contribution in [0.5, 0.6) is 0 Å². The first-order valence-corrected chi connectivity index (χ1v) is 4.58. The Labute approximate surface area is 82.2 Å². The molecule has 0 fully saturated rings. The molecule has 1 aromatic carbocycles. The van der Waals surface area contributed by atoms with E-state index in [0.717, 1.165) is 6.54 Å². The number of likely N-dealkylation sites (N-methyl/N-ethyl adjacent to an activating group) is 1. The Kier molecular flexibility index (Phi) is 6.25. The Morgan fingerprint density at radius 2 is 1.85 bits per heavy atom. The zero-order chi connectivity index (χ0) is 8.81. The van der Waals surface area contributed by atoms with E-state index >= 15 is 0 Å². The van der Waals surface area contributed by atoms with Crippen LogP contribution < -0.4 is 5.32 Å². The largest absolute Gasteiger partial charge is 0.319 e. The van der Waals surface area contributed by atoms with E-state index in [1.807, 2.05) is 7.05 Å². The Bertz CT molecular complexity index is 206. The Hall–Kier alpha value is -0.820. The first-order valence-electron chi connectivity index (χ1n) is 4.58. The van der Waals surface area contributed by atoms with E-state index in [0.29, 0.717) is 5.92 Å². The molecule has 0 radical (unpaired) electrons. The summed E-state index contributed by atoms with van der Waals surface area (Å²) >= 11 is 0. The minimum Gasteiger partial charge on any atom is -0.319 e. The molecule has 0 spiro atoms. The lowest BCUT2D eigenvalue weighted by Crippen LogP contribution is -2.16. The molecule has 13 heavy (non-hydrogen) atoms. The second-order valence-corrected chi connectivity index (χ2v) is 3.07. The fourth-order valence-electron chi connectivity index (χ4n) is 1.47. The maximum atomic E-state index is 3.22. The van der Waals surface area contributed by atoms with Gasteiger partial charge in [0.1, 0.15) is 0 Å². The molecule has 0 saturated carbocycles. The lowest BCUT2D eigenvalue weighted by molar-refractivity contribution is 0.612. The number of nitrogens with one attached hydrogen (secondary N) is 1. The molecule has 0 heterocycles. The van der Waals surface area contributed by atoms with Crippen molar-refractivity contribution in [3.8, 4) is 0 Å². The van der Waals surface area contributed by atoms with Crippen molar-refractivity contribution in [3.05, 3.63) is 35.9 Å². The van der Waals surface area contributed by atoms with Crippen LogP contribution in [0.15, 0.2) is 30.3 Å². The molecule has 0 bridgehead atoms. The van der Waals surface area contributed by atoms with Crippen LogP contribution in [0.3, 0.4) is 0 Å². The van der Waals surface area contributed by atoms with Gasteiger partial charge in [-0.25, -0.2) is 0 Å². The van der Waals surface area contributed by atoms with E-state index in [1.54, 1.807) is 0 Å². The van der Waals surface area contributed by atoms with Crippen molar-refractivity contribution >= 4 is 0 Å². The van der Waals surface area contributed by atoms with Crippen LogP contribution in [0.1, 0.15) is 32.3 Å². The average Bonchev–Trinajstić information content (AvgIpc) is 2.15. The summed E-state index contributed by atoms with van der Waals surface area (Å²) in [5, 5.41) is 3.22. The highest BCUT2D eigenvalue weighted by Crippen LogP contribution is 2.17. The van der Waals surface area contributed by atoms with Gasteiger partial charge < -0.3 is 5.32 Å². The van der Waals surface area contributed by atoms with Gasteiger partial charge in [-0.15, -0.1) is 0 Å². The first-order chi connectivity index (χ1) is 5.88. The molecule has 74 valence electrons. The van der Waals surface area contributed by atoms with E-state index in [1.165, 1.54) is 12.0 Å². The van der Waals surface area contributed by atoms with Crippen LogP contribution in [0, 0.1) is 0 Å². The van der Waals surface area contributed by atoms with Crippen LogP contribution in [0.2, 0.25) is 0 Å². The van der Waals surface area contributed by atoms with E-state index in [2.05, 4.69) is 42.6 Å². The summed E-state index contributed by atoms with van der Waals surface area (Å²) in [5.41, 5.74) is 1.44. The predicted octanol–water partition coefficient (Wildman–Crippen LogP) is 3.04. The zero-order valence-corrected chi connectivity index (χ0v) is 7.88. The minimum atomic E-state index is 0. The predicted molar refractivity (Wildman–Crippen MR) is 60.1 cm³/mol. The number of benzene rings is 1. The normalized spacial score (nSPS) is 11.8. The van der Waals surface area contributed by atoms with Crippen molar-refractivity contribution in [2.24, 2.45) is 0 Å². The highest BCUT2D eigenvalue weighted by atomic mass is 14.8. The molecule has 0 aliphatic carbocycles. The maximum Gasteiger partial charge on any atom is 0.00170 e. The third kappa shape index (κ3) is 3.60. The van der Waals surface area contributed by atoms with Crippen molar-refractivity contribution in [2.45, 2.75) is 26.7 Å². The number of hydrogen-bond donors (Lipinski definition) is 1. The fraction of sp³-hybridized carbons (Fsp3) is 0.500. The summed E-state index contributed by atoms with van der Waals surface area (Å²) in [6, 6.07) is 10.7. The molecular formula is C12H21N. The summed E-state index contributed by atoms with van der Waals surface area (Å²) in [7, 11) is 2.01. The van der Waals surface area contributed by atoms with Crippen LogP contribution in [0.4, 0.5) is 0 Å². The highest BCUT2D eigenvalue weighted by Gasteiger charge is 2.05. The molecule has 1 unspecified atom stereocenters. The Balaban J connectivity index is 0.00000144. The van der Waals surface area contributed by atoms with Gasteiger partial charge in [-0.1, -0.05) is 44.7 Å². The lowest BCUT2D eigenvalue weighted by atomic mass is 9.97. The van der Waals surface area contributed by atoms with Crippen molar-refractivity contribution in [3.63, 3.8) is 0 Å². The van der Waals surface area contributed by atoms with Crippen LogP contribution in [-0.2, 0) is 0 Å². The molecule has 1 atom stereocenters. The van der Waals surface area contributed by atoms with Crippen LogP contribution >= 0.6 is 0 Å². The SMILES string of the molecule is C.CCC(CNC)c1ccccc1. The molecule has 0 saturated heterocycles. The molecule has 0 aromatic heterocycles. The number of rotatable bonds is 4. The molecule has 1 aromatic rings. The molecule has 1 heteroatoms. The Morgan fingerprint density at radius 3 is 2.31 bits per heavy atom. The third-order valence-corrected chi connectivity index (χ3v) is 2.21. The molecule has 0 aliphatic heterocycles. The fourth-order valence-corrected chi connectivity index (χ4v) is 1.47. The van der Waals surface area contributed by atoms with Crippen molar-refractivity contribution in [1.29, 1.82) is 0 Å². The minimum absolute atomic E-state index is 0. The van der Waals surface area contributed by atoms with Gasteiger partial charge in [0, 0.05) is 6.54 Å². The monoisotopic (exact) mass is 179 g/mol. The van der Waals surface area contributed by atoms with Gasteiger partial charge in [-0.3, -0.25) is 0 Å². The van der Waals surface area contributed by atoms with Crippen molar-refractivity contribution < 1.29 is 0 Å². The molecule has 1 nitrogen and oxygen atoms in total. The van der Waals surface area contributed by atoms with E-state index in [4.69, 9.17) is 0 Å². The van der Waals surface area contributed by atoms with Gasteiger partial charge in [-0.2, -0.15) is 0 Å². The smallest absolute Gasteiger partial charge is 0.00170 e. The molecule has 1 N–H and O–H groups in total. The maximum absolute atomic E-state index is 3.22. The van der Waals surface area contributed by atoms with Gasteiger partial charge >= 0.3 is 0 Å². The standard InChI is InChI=1S/C11H17N.CH4/c1-3-10(9-12-2)11-7-5-4-6-8-11;/h4-8,10,12H,3,9H2,1-2H3;1H4. The first kappa shape index (κ1) is 12.2. The van der Waals surface area contributed by atoms with Gasteiger partial charge in [0.25, 0.3) is 0 Å². The second kappa shape index (κ2) is 6.67. The quantitative estimate of drug-likeness (QED) is 0.749. The van der Waals surface area contributed by atoms with Gasteiger partial charge in [0.15, 0.2) is 0 Å². The lowest BCUT2D eigenvalue weighted by Gasteiger charge is -2.13. The topological polar surface area (TPSA) is 12.0 Å². The summed E-state index contributed by atoms with van der Waals surface area (Å²) in [6.45, 7) is 3.30. The van der Waals surface area contributed by atoms with Crippen molar-refractivity contribution in [2.75, 3.05) is 13.6 Å². The third-order valence-electron chi connectivity index (χ3n) is 2.21. The molecule has 0 amide bonds. The van der Waals surface area contributed by atoms with E-state index in [-0.39, 0.29) is 7.43 Å². The zero-order valence-electron chi connectivity index (χ0n) is 7.88. The molecule has 1 rings (SSSR count). The summed E-state index contributed by atoms with van der Waals surface area (Å²) in [5.74, 6) is 0.663. The summed E-state index contributed by atoms with van der Waals surface area (Å²) in [4.78, 5) is 0. The van der Waals surface area contributed by atoms with E-state index in [9.17, 15) is 0 Å². The number of hydrogen-bond acceptors (Lipinski definition) is 1. The van der Waals surface area contributed by atoms with Gasteiger partial charge in [-0.05, 0) is 24.9 Å². The van der Waals surface area contributed by atoms with E-state index < -0.39 is 0 Å². The summed E-state index contributed by atoms with van der Waals surface area (Å²) < 4.78 is 0. The van der Waals surface area contributed by atoms with Crippen LogP contribution in [-0.4, -0.2) is 13.6 Å². The summed E-state index contributed by atoms with van der Waals surface area (Å²) in [6.07, 6.45) is 1.20.